The topological polar surface area (TPSA) is 29.9 Å². The van der Waals surface area contributed by atoms with Gasteiger partial charge in [0.25, 0.3) is 0 Å². The van der Waals surface area contributed by atoms with Gasteiger partial charge in [0.1, 0.15) is 0 Å². The van der Waals surface area contributed by atoms with Gasteiger partial charge in [0.15, 0.2) is 0 Å². The Morgan fingerprint density at radius 1 is 1.44 bits per heavy atom. The molecule has 3 heteroatoms. The summed E-state index contributed by atoms with van der Waals surface area (Å²) in [4.78, 5) is 0. The van der Waals surface area contributed by atoms with Crippen molar-refractivity contribution in [1.29, 1.82) is 0 Å². The van der Waals surface area contributed by atoms with Crippen molar-refractivity contribution < 1.29 is 0 Å². The summed E-state index contributed by atoms with van der Waals surface area (Å²) in [6.07, 6.45) is 7.60. The standard InChI is InChI=1S/C13H25N3/c1-5-11(2)12(3)14-8-6-7-13-9-15-16(4)10-13/h9-12,14H,5-8H2,1-4H3. The summed E-state index contributed by atoms with van der Waals surface area (Å²) < 4.78 is 1.87. The monoisotopic (exact) mass is 223 g/mol. The van der Waals surface area contributed by atoms with Crippen LogP contribution in [0.2, 0.25) is 0 Å². The summed E-state index contributed by atoms with van der Waals surface area (Å²) in [5.74, 6) is 0.762. The molecule has 3 nitrogen and oxygen atoms in total. The van der Waals surface area contributed by atoms with Gasteiger partial charge in [0.2, 0.25) is 0 Å². The van der Waals surface area contributed by atoms with E-state index in [1.54, 1.807) is 0 Å². The van der Waals surface area contributed by atoms with Crippen molar-refractivity contribution in [2.45, 2.75) is 46.1 Å². The number of hydrogen-bond acceptors (Lipinski definition) is 2. The molecule has 16 heavy (non-hydrogen) atoms. The summed E-state index contributed by atoms with van der Waals surface area (Å²) >= 11 is 0. The van der Waals surface area contributed by atoms with Crippen molar-refractivity contribution in [2.75, 3.05) is 6.54 Å². The van der Waals surface area contributed by atoms with Gasteiger partial charge in [0.05, 0.1) is 6.20 Å². The smallest absolute Gasteiger partial charge is 0.0521 e. The van der Waals surface area contributed by atoms with Crippen LogP contribution in [0.4, 0.5) is 0 Å². The predicted molar refractivity (Wildman–Crippen MR) is 68.4 cm³/mol. The fourth-order valence-corrected chi connectivity index (χ4v) is 1.78. The van der Waals surface area contributed by atoms with Crippen LogP contribution in [0, 0.1) is 5.92 Å². The zero-order valence-electron chi connectivity index (χ0n) is 11.0. The second kappa shape index (κ2) is 6.69. The predicted octanol–water partition coefficient (Wildman–Crippen LogP) is 2.38. The van der Waals surface area contributed by atoms with Crippen molar-refractivity contribution in [3.05, 3.63) is 18.0 Å². The lowest BCUT2D eigenvalue weighted by atomic mass is 10.0. The Balaban J connectivity index is 2.12. The summed E-state index contributed by atoms with van der Waals surface area (Å²) in [6.45, 7) is 7.93. The molecule has 0 aromatic carbocycles. The summed E-state index contributed by atoms with van der Waals surface area (Å²) in [6, 6.07) is 0.624. The first-order chi connectivity index (χ1) is 7.63. The molecule has 0 saturated heterocycles. The highest BCUT2D eigenvalue weighted by Gasteiger charge is 2.08. The molecule has 2 unspecified atom stereocenters. The van der Waals surface area contributed by atoms with Gasteiger partial charge < -0.3 is 5.32 Å². The van der Waals surface area contributed by atoms with Crippen LogP contribution in [0.15, 0.2) is 12.4 Å². The van der Waals surface area contributed by atoms with Gasteiger partial charge in [-0.15, -0.1) is 0 Å². The van der Waals surface area contributed by atoms with Gasteiger partial charge >= 0.3 is 0 Å². The highest BCUT2D eigenvalue weighted by atomic mass is 15.2. The first-order valence-corrected chi connectivity index (χ1v) is 6.34. The number of aryl methyl sites for hydroxylation is 2. The Morgan fingerprint density at radius 3 is 2.75 bits per heavy atom. The SMILES string of the molecule is CCC(C)C(C)NCCCc1cnn(C)c1. The van der Waals surface area contributed by atoms with Crippen LogP contribution in [0.5, 0.6) is 0 Å². The number of rotatable bonds is 7. The normalized spacial score (nSPS) is 15.0. The fraction of sp³-hybridized carbons (Fsp3) is 0.769. The molecule has 0 spiro atoms. The van der Waals surface area contributed by atoms with Gasteiger partial charge in [-0.25, -0.2) is 0 Å². The van der Waals surface area contributed by atoms with Gasteiger partial charge in [-0.3, -0.25) is 4.68 Å². The minimum absolute atomic E-state index is 0.624. The third kappa shape index (κ3) is 4.35. The van der Waals surface area contributed by atoms with Gasteiger partial charge in [-0.1, -0.05) is 20.3 Å². The lowest BCUT2D eigenvalue weighted by molar-refractivity contribution is 0.389. The Hall–Kier alpha value is -0.830. The van der Waals surface area contributed by atoms with E-state index >= 15 is 0 Å². The molecule has 0 saturated carbocycles. The fourth-order valence-electron chi connectivity index (χ4n) is 1.78. The minimum Gasteiger partial charge on any atom is -0.314 e. The second-order valence-electron chi connectivity index (χ2n) is 4.75. The number of nitrogens with one attached hydrogen (secondary N) is 1. The molecule has 0 amide bonds. The van der Waals surface area contributed by atoms with Crippen LogP contribution >= 0.6 is 0 Å². The average molecular weight is 223 g/mol. The number of aromatic nitrogens is 2. The van der Waals surface area contributed by atoms with E-state index in [-0.39, 0.29) is 0 Å². The molecule has 0 radical (unpaired) electrons. The molecular formula is C13H25N3. The molecule has 1 aromatic rings. The Labute approximate surface area is 99.2 Å². The maximum atomic E-state index is 4.17. The summed E-state index contributed by atoms with van der Waals surface area (Å²) in [5.41, 5.74) is 1.33. The summed E-state index contributed by atoms with van der Waals surface area (Å²) in [7, 11) is 1.97. The van der Waals surface area contributed by atoms with Crippen molar-refractivity contribution in [2.24, 2.45) is 13.0 Å². The Morgan fingerprint density at radius 2 is 2.19 bits per heavy atom. The van der Waals surface area contributed by atoms with Crippen LogP contribution in [0.25, 0.3) is 0 Å². The Kier molecular flexibility index (Phi) is 5.53. The van der Waals surface area contributed by atoms with E-state index in [0.717, 1.165) is 18.9 Å². The van der Waals surface area contributed by atoms with Crippen LogP contribution in [-0.4, -0.2) is 22.4 Å². The lowest BCUT2D eigenvalue weighted by Crippen LogP contribution is -2.32. The number of hydrogen-bond donors (Lipinski definition) is 1. The van der Waals surface area contributed by atoms with Crippen LogP contribution in [-0.2, 0) is 13.5 Å². The van der Waals surface area contributed by atoms with Crippen molar-refractivity contribution >= 4 is 0 Å². The molecule has 1 aromatic heterocycles. The third-order valence-electron chi connectivity index (χ3n) is 3.36. The van der Waals surface area contributed by atoms with Crippen molar-refractivity contribution in [3.8, 4) is 0 Å². The highest BCUT2D eigenvalue weighted by Crippen LogP contribution is 2.07. The molecule has 1 rings (SSSR count). The number of nitrogens with zero attached hydrogens (tertiary/aromatic N) is 2. The molecule has 0 aliphatic heterocycles. The maximum Gasteiger partial charge on any atom is 0.0521 e. The minimum atomic E-state index is 0.624. The van der Waals surface area contributed by atoms with E-state index in [4.69, 9.17) is 0 Å². The van der Waals surface area contributed by atoms with Crippen LogP contribution < -0.4 is 5.32 Å². The van der Waals surface area contributed by atoms with E-state index in [1.807, 2.05) is 17.9 Å². The first-order valence-electron chi connectivity index (χ1n) is 6.34. The Bertz CT molecular complexity index is 293. The quantitative estimate of drug-likeness (QED) is 0.719. The third-order valence-corrected chi connectivity index (χ3v) is 3.36. The molecule has 0 fully saturated rings. The van der Waals surface area contributed by atoms with Crippen LogP contribution in [0.3, 0.4) is 0 Å². The van der Waals surface area contributed by atoms with E-state index in [9.17, 15) is 0 Å². The molecule has 1 heterocycles. The zero-order valence-corrected chi connectivity index (χ0v) is 11.0. The molecule has 2 atom stereocenters. The molecule has 1 N–H and O–H groups in total. The molecular weight excluding hydrogens is 198 g/mol. The van der Waals surface area contributed by atoms with E-state index in [2.05, 4.69) is 37.4 Å². The van der Waals surface area contributed by atoms with Crippen LogP contribution in [0.1, 0.15) is 39.2 Å². The second-order valence-corrected chi connectivity index (χ2v) is 4.75. The molecule has 0 aliphatic carbocycles. The average Bonchev–Trinajstić information content (AvgIpc) is 2.69. The molecule has 92 valence electrons. The molecule has 0 bridgehead atoms. The van der Waals surface area contributed by atoms with E-state index < -0.39 is 0 Å². The van der Waals surface area contributed by atoms with Gasteiger partial charge in [0, 0.05) is 19.3 Å². The van der Waals surface area contributed by atoms with Crippen molar-refractivity contribution in [3.63, 3.8) is 0 Å². The van der Waals surface area contributed by atoms with Gasteiger partial charge in [-0.05, 0) is 37.8 Å². The lowest BCUT2D eigenvalue weighted by Gasteiger charge is -2.19. The maximum absolute atomic E-state index is 4.17. The largest absolute Gasteiger partial charge is 0.314 e. The van der Waals surface area contributed by atoms with Gasteiger partial charge in [-0.2, -0.15) is 5.10 Å². The highest BCUT2D eigenvalue weighted by molar-refractivity contribution is 5.03. The molecule has 0 aliphatic rings. The van der Waals surface area contributed by atoms with E-state index in [0.29, 0.717) is 6.04 Å². The zero-order chi connectivity index (χ0) is 12.0. The van der Waals surface area contributed by atoms with Crippen molar-refractivity contribution in [1.82, 2.24) is 15.1 Å². The summed E-state index contributed by atoms with van der Waals surface area (Å²) in [5, 5.41) is 7.75. The van der Waals surface area contributed by atoms with E-state index in [1.165, 1.54) is 18.4 Å². The first kappa shape index (κ1) is 13.2.